The van der Waals surface area contributed by atoms with Gasteiger partial charge in [-0.3, -0.25) is 0 Å². The lowest BCUT2D eigenvalue weighted by atomic mass is 10.2. The summed E-state index contributed by atoms with van der Waals surface area (Å²) in [7, 11) is -3.63. The van der Waals surface area contributed by atoms with Crippen molar-refractivity contribution in [3.05, 3.63) is 65.5 Å². The molecule has 2 aromatic rings. The Morgan fingerprint density at radius 3 is 2.36 bits per heavy atom. The molecule has 0 aliphatic heterocycles. The van der Waals surface area contributed by atoms with E-state index in [1.165, 1.54) is 18.2 Å². The molecule has 118 valence electrons. The predicted molar refractivity (Wildman–Crippen MR) is 83.5 cm³/mol. The summed E-state index contributed by atoms with van der Waals surface area (Å²) in [6, 6.07) is 13.0. The van der Waals surface area contributed by atoms with Gasteiger partial charge in [-0.25, -0.2) is 17.5 Å². The summed E-state index contributed by atoms with van der Waals surface area (Å²) in [6.45, 7) is 2.46. The van der Waals surface area contributed by atoms with Crippen LogP contribution in [0, 0.1) is 5.82 Å². The number of ether oxygens (including phenoxy) is 1. The van der Waals surface area contributed by atoms with E-state index in [2.05, 4.69) is 4.72 Å². The molecule has 0 aliphatic rings. The first kappa shape index (κ1) is 16.5. The van der Waals surface area contributed by atoms with Crippen LogP contribution < -0.4 is 9.46 Å². The quantitative estimate of drug-likeness (QED) is 0.852. The second-order valence-electron chi connectivity index (χ2n) is 4.71. The maximum atomic E-state index is 13.5. The van der Waals surface area contributed by atoms with Crippen LogP contribution in [0.5, 0.6) is 5.75 Å². The first-order chi connectivity index (χ1) is 10.5. The second kappa shape index (κ2) is 7.38. The molecular formula is C16H18FNO3S. The highest BCUT2D eigenvalue weighted by Crippen LogP contribution is 2.18. The Labute approximate surface area is 130 Å². The molecule has 6 heteroatoms. The van der Waals surface area contributed by atoms with Gasteiger partial charge in [0.05, 0.1) is 12.4 Å². The SMILES string of the molecule is CCOc1ccccc1CNS(=O)(=O)Cc1ccccc1F. The minimum atomic E-state index is -3.63. The van der Waals surface area contributed by atoms with Gasteiger partial charge in [0.2, 0.25) is 10.0 Å². The Balaban J connectivity index is 2.06. The molecule has 0 aromatic heterocycles. The van der Waals surface area contributed by atoms with E-state index in [0.29, 0.717) is 12.4 Å². The number of hydrogen-bond acceptors (Lipinski definition) is 3. The number of halogens is 1. The molecule has 22 heavy (non-hydrogen) atoms. The van der Waals surface area contributed by atoms with E-state index in [4.69, 9.17) is 4.74 Å². The van der Waals surface area contributed by atoms with Gasteiger partial charge in [0.25, 0.3) is 0 Å². The van der Waals surface area contributed by atoms with E-state index in [1.807, 2.05) is 19.1 Å². The van der Waals surface area contributed by atoms with Gasteiger partial charge in [0, 0.05) is 17.7 Å². The molecule has 0 spiro atoms. The number of rotatable bonds is 7. The van der Waals surface area contributed by atoms with Crippen molar-refractivity contribution in [3.8, 4) is 5.75 Å². The molecule has 0 saturated carbocycles. The fourth-order valence-corrected chi connectivity index (χ4v) is 3.13. The van der Waals surface area contributed by atoms with Crippen molar-refractivity contribution in [1.29, 1.82) is 0 Å². The lowest BCUT2D eigenvalue weighted by molar-refractivity contribution is 0.336. The fraction of sp³-hybridized carbons (Fsp3) is 0.250. The van der Waals surface area contributed by atoms with Crippen molar-refractivity contribution in [2.75, 3.05) is 6.61 Å². The predicted octanol–water partition coefficient (Wildman–Crippen LogP) is 2.84. The normalized spacial score (nSPS) is 11.4. The lowest BCUT2D eigenvalue weighted by Crippen LogP contribution is -2.25. The average molecular weight is 323 g/mol. The van der Waals surface area contributed by atoms with E-state index < -0.39 is 21.6 Å². The third kappa shape index (κ3) is 4.54. The molecule has 1 N–H and O–H groups in total. The summed E-state index contributed by atoms with van der Waals surface area (Å²) in [4.78, 5) is 0. The minimum absolute atomic E-state index is 0.104. The standard InChI is InChI=1S/C16H18FNO3S/c1-2-21-16-10-6-4-7-13(16)11-18-22(19,20)12-14-8-3-5-9-15(14)17/h3-10,18H,2,11-12H2,1H3. The van der Waals surface area contributed by atoms with Gasteiger partial charge in [-0.1, -0.05) is 36.4 Å². The number of benzene rings is 2. The topological polar surface area (TPSA) is 55.4 Å². The summed E-state index contributed by atoms with van der Waals surface area (Å²) in [5, 5.41) is 0. The molecule has 0 aliphatic carbocycles. The number of para-hydroxylation sites is 1. The van der Waals surface area contributed by atoms with Gasteiger partial charge in [-0.15, -0.1) is 0 Å². The summed E-state index contributed by atoms with van der Waals surface area (Å²) in [5.74, 6) is -0.280. The van der Waals surface area contributed by atoms with Crippen LogP contribution in [0.25, 0.3) is 0 Å². The van der Waals surface area contributed by atoms with E-state index >= 15 is 0 Å². The van der Waals surface area contributed by atoms with Crippen molar-refractivity contribution in [1.82, 2.24) is 4.72 Å². The van der Waals surface area contributed by atoms with Gasteiger partial charge in [-0.05, 0) is 19.1 Å². The van der Waals surface area contributed by atoms with Crippen LogP contribution in [-0.2, 0) is 22.3 Å². The summed E-state index contributed by atoms with van der Waals surface area (Å²) in [5.41, 5.74) is 0.884. The molecular weight excluding hydrogens is 305 g/mol. The molecule has 0 heterocycles. The Kier molecular flexibility index (Phi) is 5.51. The Morgan fingerprint density at radius 1 is 1.05 bits per heavy atom. The van der Waals surface area contributed by atoms with Gasteiger partial charge in [0.1, 0.15) is 11.6 Å². The monoisotopic (exact) mass is 323 g/mol. The molecule has 2 aromatic carbocycles. The number of sulfonamides is 1. The summed E-state index contributed by atoms with van der Waals surface area (Å²) in [6.07, 6.45) is 0. The summed E-state index contributed by atoms with van der Waals surface area (Å²) >= 11 is 0. The van der Waals surface area contributed by atoms with Gasteiger partial charge >= 0.3 is 0 Å². The van der Waals surface area contributed by atoms with Gasteiger partial charge < -0.3 is 4.74 Å². The molecule has 0 saturated heterocycles. The molecule has 0 fully saturated rings. The maximum Gasteiger partial charge on any atom is 0.216 e. The number of nitrogens with one attached hydrogen (secondary N) is 1. The van der Waals surface area contributed by atoms with E-state index in [0.717, 1.165) is 5.56 Å². The maximum absolute atomic E-state index is 13.5. The summed E-state index contributed by atoms with van der Waals surface area (Å²) < 4.78 is 45.6. The van der Waals surface area contributed by atoms with Gasteiger partial charge in [-0.2, -0.15) is 0 Å². The third-order valence-electron chi connectivity index (χ3n) is 3.06. The highest BCUT2D eigenvalue weighted by Gasteiger charge is 2.15. The molecule has 0 unspecified atom stereocenters. The van der Waals surface area contributed by atoms with Gasteiger partial charge in [0.15, 0.2) is 0 Å². The van der Waals surface area contributed by atoms with Crippen LogP contribution in [0.4, 0.5) is 4.39 Å². The van der Waals surface area contributed by atoms with Crippen molar-refractivity contribution >= 4 is 10.0 Å². The zero-order valence-electron chi connectivity index (χ0n) is 12.3. The van der Waals surface area contributed by atoms with E-state index in [9.17, 15) is 12.8 Å². The first-order valence-corrected chi connectivity index (χ1v) is 8.58. The van der Waals surface area contributed by atoms with E-state index in [-0.39, 0.29) is 12.1 Å². The van der Waals surface area contributed by atoms with Crippen molar-refractivity contribution in [2.24, 2.45) is 0 Å². The third-order valence-corrected chi connectivity index (χ3v) is 4.33. The fourth-order valence-electron chi connectivity index (χ4n) is 2.01. The van der Waals surface area contributed by atoms with Crippen LogP contribution in [0.15, 0.2) is 48.5 Å². The molecule has 0 bridgehead atoms. The Hall–Kier alpha value is -1.92. The zero-order chi connectivity index (χ0) is 16.0. The molecule has 4 nitrogen and oxygen atoms in total. The molecule has 0 amide bonds. The minimum Gasteiger partial charge on any atom is -0.494 e. The highest BCUT2D eigenvalue weighted by molar-refractivity contribution is 7.88. The van der Waals surface area contributed by atoms with Crippen LogP contribution in [0.2, 0.25) is 0 Å². The highest BCUT2D eigenvalue weighted by atomic mass is 32.2. The lowest BCUT2D eigenvalue weighted by Gasteiger charge is -2.11. The zero-order valence-corrected chi connectivity index (χ0v) is 13.1. The van der Waals surface area contributed by atoms with Crippen LogP contribution in [0.1, 0.15) is 18.1 Å². The van der Waals surface area contributed by atoms with E-state index in [1.54, 1.807) is 18.2 Å². The van der Waals surface area contributed by atoms with Crippen molar-refractivity contribution in [2.45, 2.75) is 19.2 Å². The number of hydrogen-bond donors (Lipinski definition) is 1. The average Bonchev–Trinajstić information content (AvgIpc) is 2.49. The molecule has 2 rings (SSSR count). The van der Waals surface area contributed by atoms with Crippen LogP contribution in [0.3, 0.4) is 0 Å². The first-order valence-electron chi connectivity index (χ1n) is 6.93. The Bertz CT molecular complexity index is 732. The van der Waals surface area contributed by atoms with Crippen LogP contribution in [-0.4, -0.2) is 15.0 Å². The second-order valence-corrected chi connectivity index (χ2v) is 6.52. The van der Waals surface area contributed by atoms with Crippen LogP contribution >= 0.6 is 0 Å². The van der Waals surface area contributed by atoms with Crippen molar-refractivity contribution in [3.63, 3.8) is 0 Å². The van der Waals surface area contributed by atoms with Crippen molar-refractivity contribution < 1.29 is 17.5 Å². The largest absolute Gasteiger partial charge is 0.494 e. The Morgan fingerprint density at radius 2 is 1.68 bits per heavy atom. The molecule has 0 radical (unpaired) electrons. The molecule has 0 atom stereocenters. The smallest absolute Gasteiger partial charge is 0.216 e.